The first-order valence-corrected chi connectivity index (χ1v) is 9.98. The summed E-state index contributed by atoms with van der Waals surface area (Å²) < 4.78 is 15.1. The van der Waals surface area contributed by atoms with Crippen molar-refractivity contribution in [3.05, 3.63) is 35.9 Å². The van der Waals surface area contributed by atoms with Crippen LogP contribution in [0.3, 0.4) is 0 Å². The van der Waals surface area contributed by atoms with Gasteiger partial charge >= 0.3 is 18.2 Å². The summed E-state index contributed by atoms with van der Waals surface area (Å²) in [5.74, 6) is -1.13. The molecule has 3 N–H and O–H groups in total. The number of carbonyl (C=O) groups excluding carboxylic acids is 4. The normalized spacial score (nSPS) is 11.6. The van der Waals surface area contributed by atoms with Crippen molar-refractivity contribution in [2.75, 3.05) is 19.7 Å². The van der Waals surface area contributed by atoms with Gasteiger partial charge in [-0.15, -0.1) is 0 Å². The van der Waals surface area contributed by atoms with Crippen molar-refractivity contribution in [2.45, 2.75) is 52.4 Å². The highest BCUT2D eigenvalue weighted by molar-refractivity contribution is 5.83. The van der Waals surface area contributed by atoms with Gasteiger partial charge in [-0.3, -0.25) is 4.79 Å². The summed E-state index contributed by atoms with van der Waals surface area (Å²) in [5, 5.41) is 7.37. The number of amides is 3. The van der Waals surface area contributed by atoms with E-state index >= 15 is 0 Å². The van der Waals surface area contributed by atoms with Gasteiger partial charge in [-0.2, -0.15) is 0 Å². The van der Waals surface area contributed by atoms with E-state index in [-0.39, 0.29) is 32.7 Å². The predicted octanol–water partition coefficient (Wildman–Crippen LogP) is 1.88. The minimum Gasteiger partial charge on any atom is -0.464 e. The molecule has 3 amide bonds. The number of nitrogens with one attached hydrogen (secondary N) is 3. The van der Waals surface area contributed by atoms with Gasteiger partial charge in [0.1, 0.15) is 18.2 Å². The van der Waals surface area contributed by atoms with Crippen molar-refractivity contribution in [3.63, 3.8) is 0 Å². The molecule has 0 fully saturated rings. The SMILES string of the molecule is CCOC(=O)[C@H](CNC(=O)CCNC(=O)OC(C)(C)C)NC(=O)OCc1ccccc1. The lowest BCUT2D eigenvalue weighted by Gasteiger charge is -2.20. The maximum atomic E-state index is 12.1. The van der Waals surface area contributed by atoms with Gasteiger partial charge in [-0.25, -0.2) is 14.4 Å². The topological polar surface area (TPSA) is 132 Å². The second-order valence-corrected chi connectivity index (χ2v) is 7.49. The second kappa shape index (κ2) is 13.1. The summed E-state index contributed by atoms with van der Waals surface area (Å²) in [6.07, 6.45) is -1.48. The van der Waals surface area contributed by atoms with Crippen LogP contribution >= 0.6 is 0 Å². The van der Waals surface area contributed by atoms with Gasteiger partial charge in [-0.05, 0) is 33.3 Å². The molecule has 172 valence electrons. The van der Waals surface area contributed by atoms with Crippen LogP contribution in [0.2, 0.25) is 0 Å². The zero-order valence-electron chi connectivity index (χ0n) is 18.4. The summed E-state index contributed by atoms with van der Waals surface area (Å²) in [4.78, 5) is 47.7. The Morgan fingerprint density at radius 3 is 2.26 bits per heavy atom. The van der Waals surface area contributed by atoms with E-state index in [1.807, 2.05) is 18.2 Å². The van der Waals surface area contributed by atoms with Crippen LogP contribution in [-0.4, -0.2) is 55.4 Å². The molecule has 0 saturated heterocycles. The maximum absolute atomic E-state index is 12.1. The van der Waals surface area contributed by atoms with Crippen LogP contribution in [-0.2, 0) is 30.4 Å². The molecule has 0 bridgehead atoms. The Labute approximate surface area is 182 Å². The van der Waals surface area contributed by atoms with Crippen LogP contribution in [0.15, 0.2) is 30.3 Å². The highest BCUT2D eigenvalue weighted by Gasteiger charge is 2.23. The van der Waals surface area contributed by atoms with Crippen LogP contribution < -0.4 is 16.0 Å². The Hall–Kier alpha value is -3.30. The van der Waals surface area contributed by atoms with E-state index in [9.17, 15) is 19.2 Å². The number of rotatable bonds is 10. The lowest BCUT2D eigenvalue weighted by Crippen LogP contribution is -2.49. The molecule has 0 heterocycles. The van der Waals surface area contributed by atoms with Crippen LogP contribution in [0.4, 0.5) is 9.59 Å². The van der Waals surface area contributed by atoms with Crippen molar-refractivity contribution < 1.29 is 33.4 Å². The van der Waals surface area contributed by atoms with Gasteiger partial charge in [0, 0.05) is 19.5 Å². The summed E-state index contributed by atoms with van der Waals surface area (Å²) in [7, 11) is 0. The number of hydrogen-bond donors (Lipinski definition) is 3. The van der Waals surface area contributed by atoms with Crippen molar-refractivity contribution in [3.8, 4) is 0 Å². The molecule has 0 unspecified atom stereocenters. The molecule has 0 spiro atoms. The van der Waals surface area contributed by atoms with E-state index in [4.69, 9.17) is 14.2 Å². The van der Waals surface area contributed by atoms with E-state index in [1.165, 1.54) is 0 Å². The fraction of sp³-hybridized carbons (Fsp3) is 0.524. The molecule has 31 heavy (non-hydrogen) atoms. The lowest BCUT2D eigenvalue weighted by molar-refractivity contribution is -0.145. The fourth-order valence-electron chi connectivity index (χ4n) is 2.24. The van der Waals surface area contributed by atoms with Gasteiger partial charge in [0.25, 0.3) is 0 Å². The average Bonchev–Trinajstić information content (AvgIpc) is 2.69. The molecule has 1 aromatic carbocycles. The first-order chi connectivity index (χ1) is 14.6. The quantitative estimate of drug-likeness (QED) is 0.376. The smallest absolute Gasteiger partial charge is 0.408 e. The third-order valence-electron chi connectivity index (χ3n) is 3.60. The van der Waals surface area contributed by atoms with Gasteiger partial charge in [-0.1, -0.05) is 30.3 Å². The minimum absolute atomic E-state index is 0.0327. The number of carbonyl (C=O) groups is 4. The van der Waals surface area contributed by atoms with Gasteiger partial charge in [0.05, 0.1) is 6.61 Å². The highest BCUT2D eigenvalue weighted by Crippen LogP contribution is 2.06. The molecular weight excluding hydrogens is 406 g/mol. The molecule has 1 aromatic rings. The fourth-order valence-corrected chi connectivity index (χ4v) is 2.24. The van der Waals surface area contributed by atoms with Gasteiger partial charge in [0.2, 0.25) is 5.91 Å². The summed E-state index contributed by atoms with van der Waals surface area (Å²) in [6, 6.07) is 7.93. The van der Waals surface area contributed by atoms with Crippen LogP contribution in [0.1, 0.15) is 39.7 Å². The number of esters is 1. The Morgan fingerprint density at radius 2 is 1.65 bits per heavy atom. The Morgan fingerprint density at radius 1 is 0.968 bits per heavy atom. The van der Waals surface area contributed by atoms with E-state index in [0.717, 1.165) is 5.56 Å². The number of benzene rings is 1. The maximum Gasteiger partial charge on any atom is 0.408 e. The molecule has 1 atom stereocenters. The molecule has 10 nitrogen and oxygen atoms in total. The molecule has 0 aliphatic heterocycles. The zero-order chi connectivity index (χ0) is 23.3. The van der Waals surface area contributed by atoms with Gasteiger partial charge in [0.15, 0.2) is 0 Å². The zero-order valence-corrected chi connectivity index (χ0v) is 18.4. The standard InChI is InChI=1S/C21H31N3O7/c1-5-29-18(26)16(24-20(28)30-14-15-9-7-6-8-10-15)13-23-17(25)11-12-22-19(27)31-21(2,3)4/h6-10,16H,5,11-14H2,1-4H3,(H,22,27)(H,23,25)(H,24,28)/t16-/m0/s1. The molecule has 1 rings (SSSR count). The molecular formula is C21H31N3O7. The highest BCUT2D eigenvalue weighted by atomic mass is 16.6. The first kappa shape index (κ1) is 25.7. The molecule has 0 aromatic heterocycles. The van der Waals surface area contributed by atoms with E-state index in [1.54, 1.807) is 39.8 Å². The van der Waals surface area contributed by atoms with Gasteiger partial charge < -0.3 is 30.2 Å². The van der Waals surface area contributed by atoms with Crippen molar-refractivity contribution in [1.82, 2.24) is 16.0 Å². The molecule has 0 saturated carbocycles. The summed E-state index contributed by atoms with van der Waals surface area (Å²) in [5.41, 5.74) is 0.149. The lowest BCUT2D eigenvalue weighted by atomic mass is 10.2. The third kappa shape index (κ3) is 12.1. The summed E-state index contributed by atoms with van der Waals surface area (Å²) in [6.45, 7) is 6.83. The third-order valence-corrected chi connectivity index (χ3v) is 3.60. The van der Waals surface area contributed by atoms with Crippen LogP contribution in [0.5, 0.6) is 0 Å². The Kier molecular flexibility index (Phi) is 10.9. The van der Waals surface area contributed by atoms with E-state index < -0.39 is 35.7 Å². The molecule has 0 aliphatic carbocycles. The van der Waals surface area contributed by atoms with Crippen LogP contribution in [0, 0.1) is 0 Å². The molecule has 10 heteroatoms. The van der Waals surface area contributed by atoms with Crippen molar-refractivity contribution >= 4 is 24.1 Å². The Balaban J connectivity index is 2.44. The van der Waals surface area contributed by atoms with Crippen LogP contribution in [0.25, 0.3) is 0 Å². The molecule has 0 radical (unpaired) electrons. The van der Waals surface area contributed by atoms with Crippen molar-refractivity contribution in [1.29, 1.82) is 0 Å². The summed E-state index contributed by atoms with van der Waals surface area (Å²) >= 11 is 0. The number of alkyl carbamates (subject to hydrolysis) is 2. The molecule has 0 aliphatic rings. The average molecular weight is 437 g/mol. The monoisotopic (exact) mass is 437 g/mol. The largest absolute Gasteiger partial charge is 0.464 e. The predicted molar refractivity (Wildman–Crippen MR) is 112 cm³/mol. The Bertz CT molecular complexity index is 732. The number of hydrogen-bond acceptors (Lipinski definition) is 7. The number of ether oxygens (including phenoxy) is 3. The first-order valence-electron chi connectivity index (χ1n) is 9.98. The van der Waals surface area contributed by atoms with E-state index in [2.05, 4.69) is 16.0 Å². The second-order valence-electron chi connectivity index (χ2n) is 7.49. The van der Waals surface area contributed by atoms with Crippen molar-refractivity contribution in [2.24, 2.45) is 0 Å². The van der Waals surface area contributed by atoms with E-state index in [0.29, 0.717) is 0 Å². The minimum atomic E-state index is -1.12.